The van der Waals surface area contributed by atoms with Gasteiger partial charge in [-0.2, -0.15) is 4.98 Å². The van der Waals surface area contributed by atoms with Crippen LogP contribution in [0.1, 0.15) is 62.2 Å². The largest absolute Gasteiger partial charge is 0.377 e. The van der Waals surface area contributed by atoms with Crippen molar-refractivity contribution in [2.75, 3.05) is 19.6 Å². The standard InChI is InChI=1S/C29H36N3O2S/c33-29(23-10-4-1-5-11-23,24-12-6-2-7-13-24)28-30-27(34-31-28)21-32-18-16-22(17-19-32)26(20-32)35-25-14-8-3-9-15-25/h1,3-5,8-11,14-15,22,24,26,33H,2,6-7,12-13,16-21H2/q+1. The molecular formula is C29H36N3O2S+. The van der Waals surface area contributed by atoms with Gasteiger partial charge in [-0.15, -0.1) is 11.8 Å². The van der Waals surface area contributed by atoms with E-state index in [0.717, 1.165) is 54.7 Å². The van der Waals surface area contributed by atoms with Crippen LogP contribution < -0.4 is 0 Å². The van der Waals surface area contributed by atoms with Crippen molar-refractivity contribution in [3.05, 3.63) is 77.9 Å². The summed E-state index contributed by atoms with van der Waals surface area (Å²) in [6.45, 7) is 4.27. The van der Waals surface area contributed by atoms with Crippen LogP contribution in [0.3, 0.4) is 0 Å². The minimum atomic E-state index is -1.19. The summed E-state index contributed by atoms with van der Waals surface area (Å²) in [6, 6.07) is 20.8. The summed E-state index contributed by atoms with van der Waals surface area (Å²) >= 11 is 2.04. The highest BCUT2D eigenvalue weighted by Gasteiger charge is 2.48. The molecular weight excluding hydrogens is 454 g/mol. The quantitative estimate of drug-likeness (QED) is 0.425. The molecule has 4 aliphatic rings. The summed E-state index contributed by atoms with van der Waals surface area (Å²) in [6.07, 6.45) is 8.05. The number of hydrogen-bond acceptors (Lipinski definition) is 5. The average molecular weight is 491 g/mol. The highest BCUT2D eigenvalue weighted by molar-refractivity contribution is 8.00. The second-order valence-corrected chi connectivity index (χ2v) is 12.2. The maximum Gasteiger partial charge on any atom is 0.282 e. The highest BCUT2D eigenvalue weighted by atomic mass is 32.2. The van der Waals surface area contributed by atoms with Crippen molar-refractivity contribution in [2.45, 2.75) is 67.2 Å². The van der Waals surface area contributed by atoms with E-state index in [4.69, 9.17) is 9.51 Å². The summed E-state index contributed by atoms with van der Waals surface area (Å²) in [7, 11) is 0. The molecule has 2 bridgehead atoms. The zero-order valence-electron chi connectivity index (χ0n) is 20.4. The van der Waals surface area contributed by atoms with Gasteiger partial charge in [0, 0.05) is 17.7 Å². The maximum absolute atomic E-state index is 12.1. The summed E-state index contributed by atoms with van der Waals surface area (Å²) in [5, 5.41) is 17.2. The molecule has 1 saturated carbocycles. The van der Waals surface area contributed by atoms with Crippen molar-refractivity contribution in [1.82, 2.24) is 10.1 Å². The lowest BCUT2D eigenvalue weighted by Crippen LogP contribution is -2.62. The van der Waals surface area contributed by atoms with E-state index in [2.05, 4.69) is 35.5 Å². The van der Waals surface area contributed by atoms with Crippen molar-refractivity contribution >= 4 is 11.8 Å². The molecule has 5 nitrogen and oxygen atoms in total. The molecule has 6 heteroatoms. The zero-order chi connectivity index (χ0) is 23.7. The van der Waals surface area contributed by atoms with Crippen LogP contribution in [0.4, 0.5) is 0 Å². The maximum atomic E-state index is 12.1. The Hall–Kier alpha value is -2.15. The second-order valence-electron chi connectivity index (χ2n) is 10.9. The van der Waals surface area contributed by atoms with Gasteiger partial charge in [-0.3, -0.25) is 0 Å². The van der Waals surface area contributed by atoms with E-state index in [1.165, 1.54) is 37.2 Å². The van der Waals surface area contributed by atoms with Crippen LogP contribution in [0.2, 0.25) is 0 Å². The third kappa shape index (κ3) is 4.56. The van der Waals surface area contributed by atoms with Crippen LogP contribution in [0, 0.1) is 11.8 Å². The average Bonchev–Trinajstić information content (AvgIpc) is 3.39. The number of piperidine rings is 3. The number of nitrogens with zero attached hydrogens (tertiary/aromatic N) is 3. The van der Waals surface area contributed by atoms with Gasteiger partial charge in [0.15, 0.2) is 12.1 Å². The lowest BCUT2D eigenvalue weighted by Gasteiger charge is -2.51. The normalized spacial score (nSPS) is 28.6. The fourth-order valence-electron chi connectivity index (χ4n) is 6.77. The van der Waals surface area contributed by atoms with Crippen molar-refractivity contribution in [1.29, 1.82) is 0 Å². The minimum Gasteiger partial charge on any atom is -0.377 e. The molecule has 3 aliphatic heterocycles. The van der Waals surface area contributed by atoms with Crippen molar-refractivity contribution in [3.63, 3.8) is 0 Å². The van der Waals surface area contributed by atoms with Gasteiger partial charge < -0.3 is 14.1 Å². The van der Waals surface area contributed by atoms with Crippen LogP contribution in [0.5, 0.6) is 0 Å². The molecule has 1 aliphatic carbocycles. The van der Waals surface area contributed by atoms with Crippen LogP contribution in [0.25, 0.3) is 0 Å². The first kappa shape index (κ1) is 23.3. The molecule has 4 fully saturated rings. The Balaban J connectivity index is 1.24. The van der Waals surface area contributed by atoms with Crippen molar-refractivity contribution < 1.29 is 14.1 Å². The third-order valence-corrected chi connectivity index (χ3v) is 10.1. The van der Waals surface area contributed by atoms with Gasteiger partial charge >= 0.3 is 0 Å². The topological polar surface area (TPSA) is 59.2 Å². The SMILES string of the molecule is OC(c1ccccc1)(c1noc(C[N+]23CCC(CC2)C(Sc2ccccc2)C3)n1)C1CCCCC1. The minimum absolute atomic E-state index is 0.119. The molecule has 0 amide bonds. The van der Waals surface area contributed by atoms with E-state index in [1.807, 2.05) is 42.1 Å². The molecule has 0 radical (unpaired) electrons. The number of quaternary nitrogens is 1. The van der Waals surface area contributed by atoms with Crippen LogP contribution in [0.15, 0.2) is 70.1 Å². The number of benzene rings is 2. The number of rotatable bonds is 7. The van der Waals surface area contributed by atoms with Gasteiger partial charge in [-0.05, 0) is 42.4 Å². The smallest absolute Gasteiger partial charge is 0.282 e. The number of aromatic nitrogens is 2. The summed E-state index contributed by atoms with van der Waals surface area (Å²) in [5.74, 6) is 2.04. The molecule has 35 heavy (non-hydrogen) atoms. The lowest BCUT2D eigenvalue weighted by atomic mass is 9.73. The fraction of sp³-hybridized carbons (Fsp3) is 0.517. The number of aliphatic hydroxyl groups is 1. The van der Waals surface area contributed by atoms with Crippen LogP contribution in [-0.4, -0.2) is 44.6 Å². The fourth-order valence-corrected chi connectivity index (χ4v) is 8.29. The predicted octanol–water partition coefficient (Wildman–Crippen LogP) is 5.79. The summed E-state index contributed by atoms with van der Waals surface area (Å²) in [5.41, 5.74) is -0.311. The van der Waals surface area contributed by atoms with Gasteiger partial charge in [0.25, 0.3) is 5.89 Å². The zero-order valence-corrected chi connectivity index (χ0v) is 21.2. The Labute approximate surface area is 212 Å². The van der Waals surface area contributed by atoms with Gasteiger partial charge in [-0.1, -0.05) is 73.0 Å². The predicted molar refractivity (Wildman–Crippen MR) is 138 cm³/mol. The molecule has 184 valence electrons. The van der Waals surface area contributed by atoms with E-state index in [1.54, 1.807) is 0 Å². The first-order valence-corrected chi connectivity index (χ1v) is 14.2. The molecule has 2 atom stereocenters. The van der Waals surface area contributed by atoms with E-state index in [0.29, 0.717) is 17.0 Å². The molecule has 4 heterocycles. The van der Waals surface area contributed by atoms with Crippen LogP contribution >= 0.6 is 11.8 Å². The summed E-state index contributed by atoms with van der Waals surface area (Å²) in [4.78, 5) is 6.26. The first-order chi connectivity index (χ1) is 17.1. The van der Waals surface area contributed by atoms with E-state index < -0.39 is 5.60 Å². The highest BCUT2D eigenvalue weighted by Crippen LogP contribution is 2.45. The number of hydrogen-bond donors (Lipinski definition) is 1. The molecule has 7 rings (SSSR count). The molecule has 0 spiro atoms. The van der Waals surface area contributed by atoms with Gasteiger partial charge in [-0.25, -0.2) is 0 Å². The Morgan fingerprint density at radius 2 is 1.60 bits per heavy atom. The summed E-state index contributed by atoms with van der Waals surface area (Å²) < 4.78 is 6.90. The van der Waals surface area contributed by atoms with Gasteiger partial charge in [0.1, 0.15) is 0 Å². The molecule has 1 aromatic heterocycles. The molecule has 1 N–H and O–H groups in total. The van der Waals surface area contributed by atoms with Crippen molar-refractivity contribution in [2.24, 2.45) is 11.8 Å². The Morgan fingerprint density at radius 1 is 0.914 bits per heavy atom. The van der Waals surface area contributed by atoms with Crippen LogP contribution in [-0.2, 0) is 12.1 Å². The van der Waals surface area contributed by atoms with Gasteiger partial charge in [0.05, 0.1) is 24.9 Å². The monoisotopic (exact) mass is 490 g/mol. The molecule has 2 unspecified atom stereocenters. The number of thioether (sulfide) groups is 1. The Bertz CT molecular complexity index is 1110. The third-order valence-electron chi connectivity index (χ3n) is 8.76. The van der Waals surface area contributed by atoms with Gasteiger partial charge in [0.2, 0.25) is 5.82 Å². The van der Waals surface area contributed by atoms with E-state index >= 15 is 0 Å². The van der Waals surface area contributed by atoms with Crippen molar-refractivity contribution in [3.8, 4) is 0 Å². The van der Waals surface area contributed by atoms with E-state index in [-0.39, 0.29) is 5.92 Å². The molecule has 2 aromatic carbocycles. The Kier molecular flexibility index (Phi) is 6.46. The molecule has 3 aromatic rings. The molecule has 3 saturated heterocycles. The number of fused-ring (bicyclic) bond motifs is 3. The lowest BCUT2D eigenvalue weighted by molar-refractivity contribution is -0.955. The first-order valence-electron chi connectivity index (χ1n) is 13.3. The second kappa shape index (κ2) is 9.72. The Morgan fingerprint density at radius 3 is 2.31 bits per heavy atom. The van der Waals surface area contributed by atoms with E-state index in [9.17, 15) is 5.11 Å².